The van der Waals surface area contributed by atoms with E-state index in [1.54, 1.807) is 0 Å². The zero-order valence-electron chi connectivity index (χ0n) is 31.6. The normalized spacial score (nSPS) is 11.2. The molecule has 0 aromatic heterocycles. The third kappa shape index (κ3) is 20.9. The Hall–Kier alpha value is -3.10. The third-order valence-electron chi connectivity index (χ3n) is 9.02. The van der Waals surface area contributed by atoms with Crippen LogP contribution in [0.3, 0.4) is 0 Å². The molecule has 2 rings (SSSR count). The van der Waals surface area contributed by atoms with Gasteiger partial charge in [0.05, 0.1) is 0 Å². The van der Waals surface area contributed by atoms with Gasteiger partial charge in [-0.05, 0) is 93.7 Å². The largest absolute Gasteiger partial charge is 0.337 e. The summed E-state index contributed by atoms with van der Waals surface area (Å²) in [6.07, 6.45) is 18.3. The van der Waals surface area contributed by atoms with E-state index in [0.29, 0.717) is 19.5 Å². The van der Waals surface area contributed by atoms with E-state index in [-0.39, 0.29) is 12.1 Å². The van der Waals surface area contributed by atoms with Crippen LogP contribution in [0.4, 0.5) is 21.0 Å². The van der Waals surface area contributed by atoms with Gasteiger partial charge >= 0.3 is 12.1 Å². The number of carbonyl (C=O) groups excluding carboxylic acids is 2. The second-order valence-corrected chi connectivity index (χ2v) is 13.6. The monoisotopic (exact) mass is 679 g/mol. The standard InChI is InChI=1S/C41H70N6O2/c1-5-9-13-15-17-29-46(27-11-7-3)31-25-42-40(48)44-38-23-19-21-36(34-38)33-37-22-20-24-39(35-37)45-41(49)43-26-32-47(28-12-8-4)30-18-16-14-10-6-2/h19-24,34-35H,5-18,25-33H2,1-4H3,(H2,42,44,48)(H2,43,45,49). The Labute approximate surface area is 299 Å². The molecule has 8 nitrogen and oxygen atoms in total. The average molecular weight is 679 g/mol. The molecule has 0 aliphatic heterocycles. The highest BCUT2D eigenvalue weighted by Crippen LogP contribution is 2.18. The molecule has 4 N–H and O–H groups in total. The molecule has 2 aromatic rings. The van der Waals surface area contributed by atoms with Gasteiger partial charge in [0.15, 0.2) is 0 Å². The predicted molar refractivity (Wildman–Crippen MR) is 210 cm³/mol. The van der Waals surface area contributed by atoms with Gasteiger partial charge in [-0.25, -0.2) is 9.59 Å². The lowest BCUT2D eigenvalue weighted by Gasteiger charge is -2.22. The van der Waals surface area contributed by atoms with Crippen LogP contribution < -0.4 is 21.3 Å². The van der Waals surface area contributed by atoms with Gasteiger partial charge in [0.25, 0.3) is 0 Å². The Morgan fingerprint density at radius 3 is 1.29 bits per heavy atom. The smallest absolute Gasteiger partial charge is 0.319 e. The van der Waals surface area contributed by atoms with Crippen molar-refractivity contribution in [2.24, 2.45) is 0 Å². The zero-order valence-corrected chi connectivity index (χ0v) is 31.6. The van der Waals surface area contributed by atoms with Gasteiger partial charge in [-0.1, -0.05) is 116 Å². The van der Waals surface area contributed by atoms with E-state index >= 15 is 0 Å². The van der Waals surface area contributed by atoms with Crippen molar-refractivity contribution in [3.63, 3.8) is 0 Å². The second kappa shape index (κ2) is 27.7. The Bertz CT molecular complexity index is 1050. The van der Waals surface area contributed by atoms with E-state index in [1.165, 1.54) is 89.9 Å². The maximum Gasteiger partial charge on any atom is 0.319 e. The maximum atomic E-state index is 12.7. The molecular weight excluding hydrogens is 608 g/mol. The van der Waals surface area contributed by atoms with E-state index in [1.807, 2.05) is 36.4 Å². The zero-order chi connectivity index (χ0) is 35.4. The molecule has 0 unspecified atom stereocenters. The summed E-state index contributed by atoms with van der Waals surface area (Å²) in [7, 11) is 0. The number of hydrogen-bond acceptors (Lipinski definition) is 4. The molecule has 2 aromatic carbocycles. The molecule has 0 atom stereocenters. The van der Waals surface area contributed by atoms with Crippen LogP contribution in [0.2, 0.25) is 0 Å². The Balaban J connectivity index is 1.78. The molecule has 0 fully saturated rings. The number of unbranched alkanes of at least 4 members (excludes halogenated alkanes) is 10. The van der Waals surface area contributed by atoms with Gasteiger partial charge in [-0.2, -0.15) is 0 Å². The summed E-state index contributed by atoms with van der Waals surface area (Å²) >= 11 is 0. The maximum absolute atomic E-state index is 12.7. The van der Waals surface area contributed by atoms with Crippen molar-refractivity contribution in [3.05, 3.63) is 59.7 Å². The lowest BCUT2D eigenvalue weighted by Crippen LogP contribution is -2.37. The number of benzene rings is 2. The summed E-state index contributed by atoms with van der Waals surface area (Å²) in [5, 5.41) is 12.1. The number of hydrogen-bond donors (Lipinski definition) is 4. The van der Waals surface area contributed by atoms with Crippen LogP contribution in [-0.4, -0.2) is 74.2 Å². The van der Waals surface area contributed by atoms with Gasteiger partial charge in [-0.15, -0.1) is 0 Å². The topological polar surface area (TPSA) is 88.7 Å². The van der Waals surface area contributed by atoms with E-state index in [9.17, 15) is 9.59 Å². The average Bonchev–Trinajstić information content (AvgIpc) is 3.09. The van der Waals surface area contributed by atoms with Crippen molar-refractivity contribution in [2.45, 2.75) is 124 Å². The fourth-order valence-corrected chi connectivity index (χ4v) is 6.07. The van der Waals surface area contributed by atoms with E-state index in [0.717, 1.165) is 61.8 Å². The third-order valence-corrected chi connectivity index (χ3v) is 9.02. The summed E-state index contributed by atoms with van der Waals surface area (Å²) in [4.78, 5) is 30.4. The molecule has 0 aliphatic carbocycles. The molecule has 8 heteroatoms. The highest BCUT2D eigenvalue weighted by Gasteiger charge is 2.09. The quantitative estimate of drug-likeness (QED) is 0.0675. The van der Waals surface area contributed by atoms with Gasteiger partial charge < -0.3 is 31.1 Å². The van der Waals surface area contributed by atoms with Crippen LogP contribution in [0.5, 0.6) is 0 Å². The number of amides is 4. The van der Waals surface area contributed by atoms with E-state index < -0.39 is 0 Å². The van der Waals surface area contributed by atoms with Crippen LogP contribution in [0.1, 0.15) is 129 Å². The summed E-state index contributed by atoms with van der Waals surface area (Å²) < 4.78 is 0. The van der Waals surface area contributed by atoms with E-state index in [2.05, 4.69) is 70.9 Å². The molecule has 0 heterocycles. The summed E-state index contributed by atoms with van der Waals surface area (Å²) in [5.74, 6) is 0. The van der Waals surface area contributed by atoms with Gasteiger partial charge in [0, 0.05) is 37.6 Å². The second-order valence-electron chi connectivity index (χ2n) is 13.6. The number of nitrogens with zero attached hydrogens (tertiary/aromatic N) is 2. The Kier molecular flexibility index (Phi) is 23.8. The van der Waals surface area contributed by atoms with Gasteiger partial charge in [-0.3, -0.25) is 0 Å². The van der Waals surface area contributed by atoms with E-state index in [4.69, 9.17) is 0 Å². The van der Waals surface area contributed by atoms with Crippen LogP contribution in [0.15, 0.2) is 48.5 Å². The van der Waals surface area contributed by atoms with Crippen molar-refractivity contribution >= 4 is 23.4 Å². The first-order valence-electron chi connectivity index (χ1n) is 19.7. The van der Waals surface area contributed by atoms with Crippen molar-refractivity contribution in [1.29, 1.82) is 0 Å². The van der Waals surface area contributed by atoms with Crippen LogP contribution >= 0.6 is 0 Å². The molecular formula is C41H70N6O2. The Morgan fingerprint density at radius 2 is 0.878 bits per heavy atom. The number of rotatable bonds is 28. The van der Waals surface area contributed by atoms with Gasteiger partial charge in [0.1, 0.15) is 0 Å². The predicted octanol–water partition coefficient (Wildman–Crippen LogP) is 9.67. The highest BCUT2D eigenvalue weighted by molar-refractivity contribution is 5.90. The van der Waals surface area contributed by atoms with Crippen LogP contribution in [-0.2, 0) is 6.42 Å². The fraction of sp³-hybridized carbons (Fsp3) is 0.659. The van der Waals surface area contributed by atoms with Crippen molar-refractivity contribution < 1.29 is 9.59 Å². The van der Waals surface area contributed by atoms with Crippen molar-refractivity contribution in [1.82, 2.24) is 20.4 Å². The summed E-state index contributed by atoms with van der Waals surface area (Å²) in [6, 6.07) is 15.6. The molecule has 0 bridgehead atoms. The molecule has 0 radical (unpaired) electrons. The first-order chi connectivity index (χ1) is 24.0. The molecule has 276 valence electrons. The van der Waals surface area contributed by atoms with Gasteiger partial charge in [0.2, 0.25) is 0 Å². The first-order valence-corrected chi connectivity index (χ1v) is 19.7. The summed E-state index contributed by atoms with van der Waals surface area (Å²) in [5.41, 5.74) is 3.73. The molecule has 49 heavy (non-hydrogen) atoms. The first kappa shape index (κ1) is 42.1. The van der Waals surface area contributed by atoms with Crippen molar-refractivity contribution in [3.8, 4) is 0 Å². The minimum absolute atomic E-state index is 0.173. The SMILES string of the molecule is CCCCCCCN(CCCC)CCNC(=O)Nc1cccc(Cc2cccc(NC(=O)NCCN(CCCC)CCCCCCC)c2)c1. The molecule has 0 saturated carbocycles. The van der Waals surface area contributed by atoms with Crippen LogP contribution in [0.25, 0.3) is 0 Å². The molecule has 4 amide bonds. The Morgan fingerprint density at radius 1 is 0.490 bits per heavy atom. The lowest BCUT2D eigenvalue weighted by molar-refractivity contribution is 0.241. The highest BCUT2D eigenvalue weighted by atomic mass is 16.2. The number of anilines is 2. The number of nitrogens with one attached hydrogen (secondary N) is 4. The fourth-order valence-electron chi connectivity index (χ4n) is 6.07. The molecule has 0 saturated heterocycles. The number of carbonyl (C=O) groups is 2. The number of urea groups is 2. The molecule has 0 aliphatic rings. The molecule has 0 spiro atoms. The summed E-state index contributed by atoms with van der Waals surface area (Å²) in [6.45, 7) is 16.4. The van der Waals surface area contributed by atoms with Crippen molar-refractivity contribution in [2.75, 3.05) is 63.0 Å². The lowest BCUT2D eigenvalue weighted by atomic mass is 10.0. The minimum Gasteiger partial charge on any atom is -0.337 e. The minimum atomic E-state index is -0.173. The van der Waals surface area contributed by atoms with Crippen LogP contribution in [0, 0.1) is 0 Å².